The molecule has 3 aliphatic rings. The van der Waals surface area contributed by atoms with E-state index in [9.17, 15) is 23.5 Å². The van der Waals surface area contributed by atoms with Gasteiger partial charge in [-0.15, -0.1) is 12.4 Å². The maximum absolute atomic E-state index is 14.0. The lowest BCUT2D eigenvalue weighted by atomic mass is 9.81. The molecule has 142 valence electrons. The average molecular weight is 387 g/mol. The van der Waals surface area contributed by atoms with E-state index in [4.69, 9.17) is 0 Å². The number of carboxylic acid groups (broad SMARTS) is 1. The number of likely N-dealkylation sites (tertiary alicyclic amines) is 1. The van der Waals surface area contributed by atoms with Crippen molar-refractivity contribution >= 4 is 30.0 Å². The van der Waals surface area contributed by atoms with E-state index in [0.29, 0.717) is 25.9 Å². The van der Waals surface area contributed by atoms with Gasteiger partial charge in [-0.25, -0.2) is 8.78 Å². The lowest BCUT2D eigenvalue weighted by Crippen LogP contribution is -2.43. The predicted octanol–water partition coefficient (Wildman–Crippen LogP) is 2.68. The fourth-order valence-corrected chi connectivity index (χ4v) is 4.89. The highest BCUT2D eigenvalue weighted by Crippen LogP contribution is 2.50. The maximum atomic E-state index is 14.0. The van der Waals surface area contributed by atoms with Crippen LogP contribution in [0.5, 0.6) is 0 Å². The predicted molar refractivity (Wildman–Crippen MR) is 93.3 cm³/mol. The fourth-order valence-electron chi connectivity index (χ4n) is 4.89. The zero-order valence-corrected chi connectivity index (χ0v) is 15.0. The van der Waals surface area contributed by atoms with Gasteiger partial charge >= 0.3 is 5.97 Å². The Morgan fingerprint density at radius 3 is 2.54 bits per heavy atom. The molecule has 2 saturated heterocycles. The quantitative estimate of drug-likeness (QED) is 0.867. The number of amides is 1. The molecule has 4 rings (SSSR count). The molecule has 3 atom stereocenters. The zero-order valence-electron chi connectivity index (χ0n) is 14.2. The third-order valence-corrected chi connectivity index (χ3v) is 6.15. The van der Waals surface area contributed by atoms with Crippen molar-refractivity contribution in [3.05, 3.63) is 29.8 Å². The lowest BCUT2D eigenvalue weighted by molar-refractivity contribution is -0.149. The normalized spacial score (nSPS) is 31.2. The Balaban J connectivity index is 0.00000196. The van der Waals surface area contributed by atoms with Crippen LogP contribution < -0.4 is 4.90 Å². The molecular formula is C18H21ClF2N2O3. The van der Waals surface area contributed by atoms with Crippen LogP contribution in [0.15, 0.2) is 18.2 Å². The van der Waals surface area contributed by atoms with Crippen molar-refractivity contribution in [3.8, 4) is 0 Å². The summed E-state index contributed by atoms with van der Waals surface area (Å²) in [7, 11) is 0. The summed E-state index contributed by atoms with van der Waals surface area (Å²) in [6, 6.07) is 3.04. The summed E-state index contributed by atoms with van der Waals surface area (Å²) in [4.78, 5) is 27.7. The van der Waals surface area contributed by atoms with Crippen molar-refractivity contribution in [1.29, 1.82) is 0 Å². The average Bonchev–Trinajstić information content (AvgIpc) is 3.20. The van der Waals surface area contributed by atoms with Crippen LogP contribution in [-0.2, 0) is 9.59 Å². The van der Waals surface area contributed by atoms with Gasteiger partial charge in [0.2, 0.25) is 5.91 Å². The molecule has 3 fully saturated rings. The summed E-state index contributed by atoms with van der Waals surface area (Å²) in [5.41, 5.74) is -1.07. The second-order valence-corrected chi connectivity index (χ2v) is 7.34. The van der Waals surface area contributed by atoms with Gasteiger partial charge in [0.1, 0.15) is 17.3 Å². The molecule has 0 bridgehead atoms. The van der Waals surface area contributed by atoms with Gasteiger partial charge in [0, 0.05) is 19.6 Å². The van der Waals surface area contributed by atoms with E-state index in [2.05, 4.69) is 0 Å². The SMILES string of the molecule is Cl.O=C1C(N2C[C@@H]3CCC[C@@]3(C(=O)O)C2)CCN1c1c(F)cccc1F. The summed E-state index contributed by atoms with van der Waals surface area (Å²) < 4.78 is 28.0. The molecule has 1 amide bonds. The Labute approximate surface area is 156 Å². The van der Waals surface area contributed by atoms with Gasteiger partial charge in [-0.3, -0.25) is 14.5 Å². The van der Waals surface area contributed by atoms with E-state index in [-0.39, 0.29) is 36.5 Å². The van der Waals surface area contributed by atoms with E-state index in [1.165, 1.54) is 6.07 Å². The Kier molecular flexibility index (Phi) is 4.96. The molecule has 1 N–H and O–H groups in total. The van der Waals surface area contributed by atoms with E-state index >= 15 is 0 Å². The molecule has 1 aromatic rings. The van der Waals surface area contributed by atoms with Crippen molar-refractivity contribution in [2.24, 2.45) is 11.3 Å². The molecule has 2 aliphatic heterocycles. The first-order valence-electron chi connectivity index (χ1n) is 8.67. The third-order valence-electron chi connectivity index (χ3n) is 6.15. The number of rotatable bonds is 3. The number of carbonyl (C=O) groups is 2. The number of carboxylic acids is 1. The van der Waals surface area contributed by atoms with Crippen LogP contribution in [0.1, 0.15) is 25.7 Å². The Morgan fingerprint density at radius 1 is 1.23 bits per heavy atom. The van der Waals surface area contributed by atoms with Crippen LogP contribution >= 0.6 is 12.4 Å². The molecule has 1 aliphatic carbocycles. The number of benzene rings is 1. The van der Waals surface area contributed by atoms with E-state index in [1.54, 1.807) is 0 Å². The van der Waals surface area contributed by atoms with Crippen LogP contribution in [-0.4, -0.2) is 47.6 Å². The number of halogens is 3. The number of carbonyl (C=O) groups excluding carboxylic acids is 1. The maximum Gasteiger partial charge on any atom is 0.311 e. The molecular weight excluding hydrogens is 366 g/mol. The summed E-state index contributed by atoms with van der Waals surface area (Å²) in [6.45, 7) is 1.15. The Morgan fingerprint density at radius 2 is 1.92 bits per heavy atom. The smallest absolute Gasteiger partial charge is 0.311 e. The number of anilines is 1. The zero-order chi connectivity index (χ0) is 17.8. The first kappa shape index (κ1) is 19.0. The van der Waals surface area contributed by atoms with Gasteiger partial charge < -0.3 is 10.0 Å². The summed E-state index contributed by atoms with van der Waals surface area (Å²) >= 11 is 0. The molecule has 0 radical (unpaired) electrons. The van der Waals surface area contributed by atoms with Crippen LogP contribution in [0, 0.1) is 23.0 Å². The monoisotopic (exact) mass is 386 g/mol. The molecule has 8 heteroatoms. The van der Waals surface area contributed by atoms with Crippen LogP contribution in [0.3, 0.4) is 0 Å². The minimum Gasteiger partial charge on any atom is -0.481 e. The molecule has 2 heterocycles. The largest absolute Gasteiger partial charge is 0.481 e. The minimum absolute atomic E-state index is 0. The van der Waals surface area contributed by atoms with Crippen LogP contribution in [0.25, 0.3) is 0 Å². The van der Waals surface area contributed by atoms with Crippen molar-refractivity contribution < 1.29 is 23.5 Å². The third kappa shape index (κ3) is 2.68. The topological polar surface area (TPSA) is 60.9 Å². The summed E-state index contributed by atoms with van der Waals surface area (Å²) in [5.74, 6) is -2.59. The highest BCUT2D eigenvalue weighted by molar-refractivity contribution is 5.99. The first-order valence-corrected chi connectivity index (χ1v) is 8.67. The molecule has 1 saturated carbocycles. The van der Waals surface area contributed by atoms with Crippen molar-refractivity contribution in [3.63, 3.8) is 0 Å². The van der Waals surface area contributed by atoms with Crippen molar-refractivity contribution in [2.75, 3.05) is 24.5 Å². The van der Waals surface area contributed by atoms with Gasteiger partial charge in [0.25, 0.3) is 0 Å². The van der Waals surface area contributed by atoms with Gasteiger partial charge in [0.15, 0.2) is 0 Å². The molecule has 1 aromatic carbocycles. The standard InChI is InChI=1S/C18H20F2N2O3.ClH/c19-12-4-1-5-13(20)15(12)22-8-6-14(16(22)23)21-9-11-3-2-7-18(11,10-21)17(24)25;/h1,4-5,11,14H,2-3,6-10H2,(H,24,25);1H/t11-,14?,18+;/m0./s1. The second kappa shape index (κ2) is 6.78. The van der Waals surface area contributed by atoms with E-state index in [1.807, 2.05) is 4.90 Å². The molecule has 0 aromatic heterocycles. The van der Waals surface area contributed by atoms with Gasteiger partial charge in [0.05, 0.1) is 11.5 Å². The number of aliphatic carboxylic acids is 1. The number of hydrogen-bond acceptors (Lipinski definition) is 3. The Bertz CT molecular complexity index is 727. The second-order valence-electron chi connectivity index (χ2n) is 7.34. The molecule has 0 spiro atoms. The number of fused-ring (bicyclic) bond motifs is 1. The number of hydrogen-bond donors (Lipinski definition) is 1. The van der Waals surface area contributed by atoms with E-state index < -0.39 is 29.1 Å². The molecule has 1 unspecified atom stereocenters. The fraction of sp³-hybridized carbons (Fsp3) is 0.556. The minimum atomic E-state index is -0.792. The lowest BCUT2D eigenvalue weighted by Gasteiger charge is -2.26. The molecule has 5 nitrogen and oxygen atoms in total. The summed E-state index contributed by atoms with van der Waals surface area (Å²) in [6.07, 6.45) is 2.84. The van der Waals surface area contributed by atoms with Gasteiger partial charge in [-0.1, -0.05) is 12.5 Å². The van der Waals surface area contributed by atoms with Gasteiger partial charge in [-0.2, -0.15) is 0 Å². The first-order chi connectivity index (χ1) is 11.9. The summed E-state index contributed by atoms with van der Waals surface area (Å²) in [5, 5.41) is 9.68. The number of nitrogens with zero attached hydrogens (tertiary/aromatic N) is 2. The highest BCUT2D eigenvalue weighted by Gasteiger charge is 2.57. The van der Waals surface area contributed by atoms with Crippen LogP contribution in [0.2, 0.25) is 0 Å². The number of para-hydroxylation sites is 1. The molecule has 26 heavy (non-hydrogen) atoms. The Hall–Kier alpha value is -1.73. The van der Waals surface area contributed by atoms with Crippen molar-refractivity contribution in [1.82, 2.24) is 4.90 Å². The highest BCUT2D eigenvalue weighted by atomic mass is 35.5. The van der Waals surface area contributed by atoms with E-state index in [0.717, 1.165) is 29.9 Å². The van der Waals surface area contributed by atoms with Crippen molar-refractivity contribution in [2.45, 2.75) is 31.7 Å². The van der Waals surface area contributed by atoms with Crippen LogP contribution in [0.4, 0.5) is 14.5 Å². The van der Waals surface area contributed by atoms with Gasteiger partial charge in [-0.05, 0) is 37.3 Å².